The Kier molecular flexibility index (Phi) is 4.34. The van der Waals surface area contributed by atoms with Gasteiger partial charge in [-0.1, -0.05) is 48.5 Å². The minimum atomic E-state index is -0.714. The highest BCUT2D eigenvalue weighted by atomic mass is 16.6. The zero-order chi connectivity index (χ0) is 20.0. The first-order chi connectivity index (χ1) is 14.1. The van der Waals surface area contributed by atoms with Gasteiger partial charge in [0.25, 0.3) is 0 Å². The molecule has 3 aliphatic rings. The molecule has 1 spiro atoms. The summed E-state index contributed by atoms with van der Waals surface area (Å²) >= 11 is 0. The van der Waals surface area contributed by atoms with E-state index in [-0.39, 0.29) is 23.3 Å². The molecule has 0 unspecified atom stereocenters. The number of hydrogen-bond acceptors (Lipinski definition) is 3. The number of ether oxygens (including phenoxy) is 1. The minimum Gasteiger partial charge on any atom is -0.481 e. The molecule has 5 nitrogen and oxygen atoms in total. The summed E-state index contributed by atoms with van der Waals surface area (Å²) in [5.41, 5.74) is 4.83. The van der Waals surface area contributed by atoms with Crippen LogP contribution >= 0.6 is 0 Å². The van der Waals surface area contributed by atoms with Gasteiger partial charge in [-0.2, -0.15) is 0 Å². The van der Waals surface area contributed by atoms with Crippen LogP contribution in [0.25, 0.3) is 11.1 Å². The van der Waals surface area contributed by atoms with Crippen molar-refractivity contribution in [1.82, 2.24) is 4.90 Å². The van der Waals surface area contributed by atoms with Gasteiger partial charge in [0.05, 0.1) is 5.92 Å². The number of rotatable bonds is 3. The summed E-state index contributed by atoms with van der Waals surface area (Å²) in [7, 11) is 0. The molecule has 2 aromatic rings. The SMILES string of the molecule is O=C(O)C1CC2(CCCN(C(=O)OCC3c4ccccc4-c4ccccc43)C2)C1. The van der Waals surface area contributed by atoms with Gasteiger partial charge in [-0.25, -0.2) is 4.79 Å². The predicted octanol–water partition coefficient (Wildman–Crippen LogP) is 4.51. The van der Waals surface area contributed by atoms with E-state index in [0.717, 1.165) is 12.8 Å². The van der Waals surface area contributed by atoms with Gasteiger partial charge in [0.15, 0.2) is 0 Å². The number of likely N-dealkylation sites (tertiary alicyclic amines) is 1. The molecule has 1 amide bonds. The third kappa shape index (κ3) is 3.09. The molecule has 29 heavy (non-hydrogen) atoms. The molecule has 2 aliphatic carbocycles. The second-order valence-corrected chi connectivity index (χ2v) is 8.77. The van der Waals surface area contributed by atoms with Crippen molar-refractivity contribution in [1.29, 1.82) is 0 Å². The lowest BCUT2D eigenvalue weighted by Crippen LogP contribution is -2.53. The van der Waals surface area contributed by atoms with Crippen LogP contribution < -0.4 is 0 Å². The molecule has 1 saturated heterocycles. The molecule has 0 bridgehead atoms. The van der Waals surface area contributed by atoms with Gasteiger partial charge < -0.3 is 14.7 Å². The van der Waals surface area contributed by atoms with Gasteiger partial charge in [0.1, 0.15) is 6.61 Å². The highest BCUT2D eigenvalue weighted by Gasteiger charge is 2.50. The largest absolute Gasteiger partial charge is 0.481 e. The summed E-state index contributed by atoms with van der Waals surface area (Å²) in [6.45, 7) is 1.64. The van der Waals surface area contributed by atoms with E-state index in [2.05, 4.69) is 24.3 Å². The van der Waals surface area contributed by atoms with Crippen LogP contribution in [0, 0.1) is 11.3 Å². The average Bonchev–Trinajstić information content (AvgIpc) is 3.04. The van der Waals surface area contributed by atoms with Gasteiger partial charge in [0.2, 0.25) is 0 Å². The van der Waals surface area contributed by atoms with Crippen molar-refractivity contribution >= 4 is 12.1 Å². The topological polar surface area (TPSA) is 66.8 Å². The van der Waals surface area contributed by atoms with Crippen LogP contribution in [0.3, 0.4) is 0 Å². The Morgan fingerprint density at radius 1 is 1.03 bits per heavy atom. The smallest absolute Gasteiger partial charge is 0.409 e. The number of carbonyl (C=O) groups is 2. The summed E-state index contributed by atoms with van der Waals surface area (Å²) < 4.78 is 5.79. The Hall–Kier alpha value is -2.82. The lowest BCUT2D eigenvalue weighted by Gasteiger charge is -2.51. The number of fused-ring (bicyclic) bond motifs is 3. The van der Waals surface area contributed by atoms with Crippen molar-refractivity contribution < 1.29 is 19.4 Å². The molecule has 1 saturated carbocycles. The molecule has 5 rings (SSSR count). The van der Waals surface area contributed by atoms with Gasteiger partial charge >= 0.3 is 12.1 Å². The molecule has 1 N–H and O–H groups in total. The fourth-order valence-corrected chi connectivity index (χ4v) is 5.54. The number of carboxylic acids is 1. The fraction of sp³-hybridized carbons (Fsp3) is 0.417. The van der Waals surface area contributed by atoms with Crippen LogP contribution in [-0.4, -0.2) is 41.8 Å². The van der Waals surface area contributed by atoms with Crippen LogP contribution in [0.5, 0.6) is 0 Å². The summed E-state index contributed by atoms with van der Waals surface area (Å²) in [6, 6.07) is 16.6. The number of benzene rings is 2. The van der Waals surface area contributed by atoms with E-state index in [1.54, 1.807) is 4.90 Å². The molecule has 1 aliphatic heterocycles. The average molecular weight is 391 g/mol. The van der Waals surface area contributed by atoms with E-state index >= 15 is 0 Å². The summed E-state index contributed by atoms with van der Waals surface area (Å²) in [5, 5.41) is 9.18. The zero-order valence-electron chi connectivity index (χ0n) is 16.3. The van der Waals surface area contributed by atoms with Gasteiger partial charge in [-0.05, 0) is 53.4 Å². The highest BCUT2D eigenvalue weighted by Crippen LogP contribution is 2.51. The molecule has 0 aromatic heterocycles. The second-order valence-electron chi connectivity index (χ2n) is 8.77. The Bertz CT molecular complexity index is 917. The van der Waals surface area contributed by atoms with E-state index in [9.17, 15) is 14.7 Å². The first-order valence-corrected chi connectivity index (χ1v) is 10.4. The van der Waals surface area contributed by atoms with Crippen molar-refractivity contribution in [2.75, 3.05) is 19.7 Å². The zero-order valence-corrected chi connectivity index (χ0v) is 16.3. The Balaban J connectivity index is 1.26. The third-order valence-electron chi connectivity index (χ3n) is 6.96. The molecule has 150 valence electrons. The molecule has 1 heterocycles. The molecule has 0 atom stereocenters. The summed E-state index contributed by atoms with van der Waals surface area (Å²) in [4.78, 5) is 25.8. The maximum atomic E-state index is 12.8. The lowest BCUT2D eigenvalue weighted by molar-refractivity contribution is -0.152. The molecule has 2 fully saturated rings. The van der Waals surface area contributed by atoms with Gasteiger partial charge in [-0.15, -0.1) is 0 Å². The summed E-state index contributed by atoms with van der Waals surface area (Å²) in [6.07, 6.45) is 3.00. The van der Waals surface area contributed by atoms with E-state index in [1.165, 1.54) is 22.3 Å². The molecular formula is C24H25NO4. The van der Waals surface area contributed by atoms with E-state index in [0.29, 0.717) is 32.5 Å². The highest BCUT2D eigenvalue weighted by molar-refractivity contribution is 5.79. The second kappa shape index (κ2) is 6.90. The minimum absolute atomic E-state index is 0.0209. The number of nitrogens with zero attached hydrogens (tertiary/aromatic N) is 1. The fourth-order valence-electron chi connectivity index (χ4n) is 5.54. The van der Waals surface area contributed by atoms with E-state index < -0.39 is 5.97 Å². The number of aliphatic carboxylic acids is 1. The van der Waals surface area contributed by atoms with Gasteiger partial charge in [0, 0.05) is 19.0 Å². The Morgan fingerprint density at radius 2 is 1.66 bits per heavy atom. The van der Waals surface area contributed by atoms with Crippen molar-refractivity contribution in [3.05, 3.63) is 59.7 Å². The lowest BCUT2D eigenvalue weighted by atomic mass is 9.58. The standard InChI is InChI=1S/C24H25NO4/c26-22(27)16-12-24(13-16)10-5-11-25(15-24)23(28)29-14-21-19-8-3-1-6-17(19)18-7-2-4-9-20(18)21/h1-4,6-9,16,21H,5,10-15H2,(H,26,27). The van der Waals surface area contributed by atoms with Crippen LogP contribution in [0.2, 0.25) is 0 Å². The van der Waals surface area contributed by atoms with Crippen LogP contribution in [0.4, 0.5) is 4.79 Å². The number of amides is 1. The number of hydrogen-bond donors (Lipinski definition) is 1. The first kappa shape index (κ1) is 18.2. The molecular weight excluding hydrogens is 366 g/mol. The van der Waals surface area contributed by atoms with Crippen LogP contribution in [0.15, 0.2) is 48.5 Å². The normalized spacial score (nSPS) is 25.2. The van der Waals surface area contributed by atoms with Crippen molar-refractivity contribution in [2.45, 2.75) is 31.6 Å². The number of carbonyl (C=O) groups excluding carboxylic acids is 1. The maximum absolute atomic E-state index is 12.8. The van der Waals surface area contributed by atoms with Crippen molar-refractivity contribution in [3.63, 3.8) is 0 Å². The van der Waals surface area contributed by atoms with Crippen molar-refractivity contribution in [3.8, 4) is 11.1 Å². The number of carboxylic acid groups (broad SMARTS) is 1. The quantitative estimate of drug-likeness (QED) is 0.836. The van der Waals surface area contributed by atoms with Gasteiger partial charge in [-0.3, -0.25) is 4.79 Å². The third-order valence-corrected chi connectivity index (χ3v) is 6.96. The predicted molar refractivity (Wildman–Crippen MR) is 109 cm³/mol. The molecule has 0 radical (unpaired) electrons. The first-order valence-electron chi connectivity index (χ1n) is 10.4. The number of piperidine rings is 1. The Morgan fingerprint density at radius 3 is 2.28 bits per heavy atom. The van der Waals surface area contributed by atoms with E-state index in [1.807, 2.05) is 24.3 Å². The Labute approximate surface area is 170 Å². The summed E-state index contributed by atoms with van der Waals surface area (Å²) in [5.74, 6) is -0.906. The monoisotopic (exact) mass is 391 g/mol. The van der Waals surface area contributed by atoms with Crippen molar-refractivity contribution in [2.24, 2.45) is 11.3 Å². The van der Waals surface area contributed by atoms with Crippen LogP contribution in [-0.2, 0) is 9.53 Å². The molecule has 5 heteroatoms. The molecule has 2 aromatic carbocycles. The van der Waals surface area contributed by atoms with Crippen LogP contribution in [0.1, 0.15) is 42.7 Å². The van der Waals surface area contributed by atoms with E-state index in [4.69, 9.17) is 4.74 Å². The maximum Gasteiger partial charge on any atom is 0.409 e.